The van der Waals surface area contributed by atoms with Crippen LogP contribution in [0.5, 0.6) is 0 Å². The molecule has 2 rings (SSSR count). The summed E-state index contributed by atoms with van der Waals surface area (Å²) in [4.78, 5) is 0. The Morgan fingerprint density at radius 3 is 2.68 bits per heavy atom. The van der Waals surface area contributed by atoms with Crippen molar-refractivity contribution in [3.05, 3.63) is 29.6 Å². The Bertz CT molecular complexity index is 556. The van der Waals surface area contributed by atoms with E-state index in [1.807, 2.05) is 0 Å². The molecule has 1 unspecified atom stereocenters. The van der Waals surface area contributed by atoms with Crippen molar-refractivity contribution in [2.75, 3.05) is 11.3 Å². The van der Waals surface area contributed by atoms with Gasteiger partial charge in [0.05, 0.1) is 10.9 Å². The molecule has 1 aliphatic carbocycles. The molecule has 1 saturated carbocycles. The molecule has 0 aromatic heterocycles. The van der Waals surface area contributed by atoms with Crippen LogP contribution in [0.1, 0.15) is 25.3 Å². The summed E-state index contributed by atoms with van der Waals surface area (Å²) in [7, 11) is -3.57. The zero-order valence-corrected chi connectivity index (χ0v) is 11.9. The summed E-state index contributed by atoms with van der Waals surface area (Å²) in [5.41, 5.74) is 0.757. The molecule has 1 atom stereocenters. The molecule has 19 heavy (non-hydrogen) atoms. The van der Waals surface area contributed by atoms with Crippen LogP contribution in [-0.4, -0.2) is 26.3 Å². The van der Waals surface area contributed by atoms with Crippen LogP contribution in [0.2, 0.25) is 0 Å². The van der Waals surface area contributed by atoms with Crippen molar-refractivity contribution >= 4 is 15.7 Å². The topological polar surface area (TPSA) is 58.2 Å². The molecule has 0 heterocycles. The van der Waals surface area contributed by atoms with E-state index in [9.17, 15) is 12.8 Å². The normalized spacial score (nSPS) is 17.2. The van der Waals surface area contributed by atoms with Gasteiger partial charge in [0.15, 0.2) is 0 Å². The minimum atomic E-state index is -3.57. The summed E-state index contributed by atoms with van der Waals surface area (Å²) in [5.74, 6) is -0.550. The van der Waals surface area contributed by atoms with Gasteiger partial charge in [-0.3, -0.25) is 4.72 Å². The van der Waals surface area contributed by atoms with Gasteiger partial charge in [-0.15, -0.1) is 0 Å². The van der Waals surface area contributed by atoms with Gasteiger partial charge < -0.3 is 5.32 Å². The van der Waals surface area contributed by atoms with Gasteiger partial charge in [-0.2, -0.15) is 0 Å². The van der Waals surface area contributed by atoms with Crippen LogP contribution in [-0.2, 0) is 10.0 Å². The first-order chi connectivity index (χ1) is 8.88. The van der Waals surface area contributed by atoms with Crippen molar-refractivity contribution in [1.82, 2.24) is 5.32 Å². The number of anilines is 1. The Kier molecular flexibility index (Phi) is 4.10. The quantitative estimate of drug-likeness (QED) is 0.841. The van der Waals surface area contributed by atoms with Gasteiger partial charge in [0.25, 0.3) is 0 Å². The predicted molar refractivity (Wildman–Crippen MR) is 74.2 cm³/mol. The Labute approximate surface area is 113 Å². The average molecular weight is 286 g/mol. The van der Waals surface area contributed by atoms with Crippen molar-refractivity contribution in [1.29, 1.82) is 0 Å². The Hall–Kier alpha value is -1.14. The second-order valence-electron chi connectivity index (χ2n) is 5.12. The van der Waals surface area contributed by atoms with E-state index in [0.29, 0.717) is 12.6 Å². The molecule has 1 aromatic rings. The van der Waals surface area contributed by atoms with Crippen LogP contribution in [0.3, 0.4) is 0 Å². The number of rotatable bonds is 6. The summed E-state index contributed by atoms with van der Waals surface area (Å²) >= 11 is 0. The lowest BCUT2D eigenvalue weighted by Crippen LogP contribution is -2.35. The van der Waals surface area contributed by atoms with Crippen LogP contribution in [0.25, 0.3) is 0 Å². The lowest BCUT2D eigenvalue weighted by atomic mass is 10.2. The largest absolute Gasteiger partial charge is 0.313 e. The molecule has 1 aromatic carbocycles. The van der Waals surface area contributed by atoms with Gasteiger partial charge in [-0.1, -0.05) is 6.07 Å². The van der Waals surface area contributed by atoms with E-state index < -0.39 is 21.1 Å². The highest BCUT2D eigenvalue weighted by Gasteiger charge is 2.26. The molecule has 4 nitrogen and oxygen atoms in total. The fourth-order valence-electron chi connectivity index (χ4n) is 1.69. The number of hydrogen-bond donors (Lipinski definition) is 2. The molecule has 0 spiro atoms. The highest BCUT2D eigenvalue weighted by atomic mass is 32.2. The molecule has 2 N–H and O–H groups in total. The zero-order valence-electron chi connectivity index (χ0n) is 11.1. The maximum absolute atomic E-state index is 13.6. The first-order valence-electron chi connectivity index (χ1n) is 6.39. The molecule has 1 aliphatic rings. The number of sulfonamides is 1. The minimum Gasteiger partial charge on any atom is -0.313 e. The molecular weight excluding hydrogens is 267 g/mol. The molecular formula is C13H19FN2O2S. The van der Waals surface area contributed by atoms with Crippen LogP contribution < -0.4 is 10.0 Å². The molecule has 0 saturated heterocycles. The van der Waals surface area contributed by atoms with Crippen molar-refractivity contribution in [2.24, 2.45) is 0 Å². The van der Waals surface area contributed by atoms with Crippen molar-refractivity contribution < 1.29 is 12.8 Å². The van der Waals surface area contributed by atoms with Crippen LogP contribution in [0.15, 0.2) is 18.2 Å². The first kappa shape index (κ1) is 14.3. The van der Waals surface area contributed by atoms with Crippen LogP contribution in [0.4, 0.5) is 10.1 Å². The Morgan fingerprint density at radius 2 is 2.11 bits per heavy atom. The molecule has 0 radical (unpaired) electrons. The molecule has 6 heteroatoms. The number of aryl methyl sites for hydroxylation is 1. The number of halogens is 1. The number of benzene rings is 1. The molecule has 0 amide bonds. The van der Waals surface area contributed by atoms with E-state index in [-0.39, 0.29) is 5.69 Å². The van der Waals surface area contributed by atoms with Crippen LogP contribution >= 0.6 is 0 Å². The van der Waals surface area contributed by atoms with E-state index in [1.165, 1.54) is 12.1 Å². The van der Waals surface area contributed by atoms with Gasteiger partial charge in [-0.25, -0.2) is 12.8 Å². The van der Waals surface area contributed by atoms with E-state index >= 15 is 0 Å². The third-order valence-electron chi connectivity index (χ3n) is 3.18. The summed E-state index contributed by atoms with van der Waals surface area (Å²) in [5, 5.41) is 2.56. The maximum Gasteiger partial charge on any atom is 0.236 e. The van der Waals surface area contributed by atoms with Gasteiger partial charge in [-0.05, 0) is 44.4 Å². The van der Waals surface area contributed by atoms with Gasteiger partial charge >= 0.3 is 0 Å². The Balaban J connectivity index is 2.02. The fourth-order valence-corrected chi connectivity index (χ4v) is 2.68. The highest BCUT2D eigenvalue weighted by molar-refractivity contribution is 7.93. The second kappa shape index (κ2) is 5.46. The smallest absolute Gasteiger partial charge is 0.236 e. The van der Waals surface area contributed by atoms with E-state index in [2.05, 4.69) is 10.0 Å². The zero-order chi connectivity index (χ0) is 14.0. The van der Waals surface area contributed by atoms with E-state index in [4.69, 9.17) is 0 Å². The predicted octanol–water partition coefficient (Wildman–Crippen LogP) is 2.02. The second-order valence-corrected chi connectivity index (χ2v) is 7.22. The Morgan fingerprint density at radius 1 is 1.42 bits per heavy atom. The van der Waals surface area contributed by atoms with Crippen molar-refractivity contribution in [3.63, 3.8) is 0 Å². The lowest BCUT2D eigenvalue weighted by Gasteiger charge is -2.16. The third-order valence-corrected chi connectivity index (χ3v) is 4.91. The third kappa shape index (κ3) is 3.91. The molecule has 106 valence electrons. The number of hydrogen-bond acceptors (Lipinski definition) is 3. The van der Waals surface area contributed by atoms with Crippen molar-refractivity contribution in [2.45, 2.75) is 38.0 Å². The standard InChI is InChI=1S/C13H19FN2O2S/c1-9-3-6-13(12(14)7-9)16-19(17,18)10(2)8-15-11-4-5-11/h3,6-7,10-11,15-16H,4-5,8H2,1-2H3. The fraction of sp³-hybridized carbons (Fsp3) is 0.538. The average Bonchev–Trinajstić information content (AvgIpc) is 3.13. The summed E-state index contributed by atoms with van der Waals surface area (Å²) < 4.78 is 40.0. The SMILES string of the molecule is Cc1ccc(NS(=O)(=O)C(C)CNC2CC2)c(F)c1. The van der Waals surface area contributed by atoms with Gasteiger partial charge in [0, 0.05) is 12.6 Å². The molecule has 0 aliphatic heterocycles. The summed E-state index contributed by atoms with van der Waals surface area (Å²) in [6.07, 6.45) is 2.21. The number of nitrogens with one attached hydrogen (secondary N) is 2. The van der Waals surface area contributed by atoms with Crippen LogP contribution in [0, 0.1) is 12.7 Å². The summed E-state index contributed by atoms with van der Waals surface area (Å²) in [6.45, 7) is 3.75. The summed E-state index contributed by atoms with van der Waals surface area (Å²) in [6, 6.07) is 4.89. The molecule has 0 bridgehead atoms. The molecule has 1 fully saturated rings. The minimum absolute atomic E-state index is 0.00359. The monoisotopic (exact) mass is 286 g/mol. The van der Waals surface area contributed by atoms with E-state index in [0.717, 1.165) is 18.4 Å². The van der Waals surface area contributed by atoms with Gasteiger partial charge in [0.1, 0.15) is 5.82 Å². The lowest BCUT2D eigenvalue weighted by molar-refractivity contribution is 0.574. The van der Waals surface area contributed by atoms with Crippen molar-refractivity contribution in [3.8, 4) is 0 Å². The maximum atomic E-state index is 13.6. The van der Waals surface area contributed by atoms with E-state index in [1.54, 1.807) is 19.9 Å². The first-order valence-corrected chi connectivity index (χ1v) is 7.94. The van der Waals surface area contributed by atoms with Gasteiger partial charge in [0.2, 0.25) is 10.0 Å². The highest BCUT2D eigenvalue weighted by Crippen LogP contribution is 2.20.